The summed E-state index contributed by atoms with van der Waals surface area (Å²) in [5.41, 5.74) is 0. The first-order valence-corrected chi connectivity index (χ1v) is 5.27. The Morgan fingerprint density at radius 2 is 1.83 bits per heavy atom. The fraction of sp³-hybridized carbons (Fsp3) is 1.00. The molecular weight excluding hydrogens is 180 g/mol. The Hall–Kier alpha value is -0.170. The van der Waals surface area contributed by atoms with E-state index >= 15 is 0 Å². The maximum Gasteiger partial charge on any atom is 0.277 e. The molecule has 0 saturated carbocycles. The van der Waals surface area contributed by atoms with E-state index < -0.39 is 16.3 Å². The lowest BCUT2D eigenvalue weighted by atomic mass is 10.4. The molecule has 0 aliphatic rings. The molecule has 0 saturated heterocycles. The van der Waals surface area contributed by atoms with Crippen molar-refractivity contribution in [2.24, 2.45) is 0 Å². The number of aliphatic hydroxyl groups excluding tert-OH is 1. The van der Waals surface area contributed by atoms with E-state index in [2.05, 4.69) is 9.44 Å². The summed E-state index contributed by atoms with van der Waals surface area (Å²) >= 11 is 0. The Bertz CT molecular complexity index is 211. The van der Waals surface area contributed by atoms with Gasteiger partial charge < -0.3 is 5.11 Å². The van der Waals surface area contributed by atoms with Crippen LogP contribution in [0.25, 0.3) is 0 Å². The first-order valence-electron chi connectivity index (χ1n) is 3.78. The van der Waals surface area contributed by atoms with Crippen LogP contribution in [0.4, 0.5) is 0 Å². The first-order chi connectivity index (χ1) is 5.33. The van der Waals surface area contributed by atoms with Crippen molar-refractivity contribution in [3.63, 3.8) is 0 Å². The summed E-state index contributed by atoms with van der Waals surface area (Å²) in [6.45, 7) is 4.99. The molecule has 1 unspecified atom stereocenters. The molecule has 1 atom stereocenters. The Kier molecular flexibility index (Phi) is 4.69. The van der Waals surface area contributed by atoms with E-state index in [0.29, 0.717) is 0 Å². The zero-order valence-electron chi connectivity index (χ0n) is 7.53. The van der Waals surface area contributed by atoms with Crippen LogP contribution >= 0.6 is 0 Å². The highest BCUT2D eigenvalue weighted by molar-refractivity contribution is 7.87. The maximum atomic E-state index is 11.0. The average Bonchev–Trinajstić information content (AvgIpc) is 1.81. The molecule has 0 spiro atoms. The van der Waals surface area contributed by atoms with Gasteiger partial charge in [0, 0.05) is 12.6 Å². The van der Waals surface area contributed by atoms with Gasteiger partial charge in [0.15, 0.2) is 0 Å². The van der Waals surface area contributed by atoms with E-state index in [1.54, 1.807) is 13.8 Å². The zero-order chi connectivity index (χ0) is 9.78. The topological polar surface area (TPSA) is 78.4 Å². The molecule has 0 fully saturated rings. The van der Waals surface area contributed by atoms with Crippen LogP contribution in [0.2, 0.25) is 0 Å². The van der Waals surface area contributed by atoms with E-state index in [1.807, 2.05) is 0 Å². The predicted octanol–water partition coefficient (Wildman–Crippen LogP) is -0.800. The number of aliphatic hydroxyl groups is 1. The molecule has 0 heterocycles. The lowest BCUT2D eigenvalue weighted by Gasteiger charge is -2.11. The summed E-state index contributed by atoms with van der Waals surface area (Å²) in [6, 6.07) is -0.142. The highest BCUT2D eigenvalue weighted by atomic mass is 32.2. The number of hydrogen-bond donors (Lipinski definition) is 3. The maximum absolute atomic E-state index is 11.0. The second-order valence-corrected chi connectivity index (χ2v) is 4.50. The third-order valence-electron chi connectivity index (χ3n) is 0.960. The summed E-state index contributed by atoms with van der Waals surface area (Å²) in [6.07, 6.45) is -0.672. The molecule has 0 radical (unpaired) electrons. The Labute approximate surface area is 73.4 Å². The molecule has 0 aromatic heterocycles. The molecule has 0 aliphatic carbocycles. The summed E-state index contributed by atoms with van der Waals surface area (Å²) in [4.78, 5) is 0. The molecule has 6 heteroatoms. The summed E-state index contributed by atoms with van der Waals surface area (Å²) in [7, 11) is -3.44. The molecule has 74 valence electrons. The summed E-state index contributed by atoms with van der Waals surface area (Å²) in [5, 5.41) is 8.80. The van der Waals surface area contributed by atoms with Gasteiger partial charge in [-0.15, -0.1) is 0 Å². The molecule has 12 heavy (non-hydrogen) atoms. The van der Waals surface area contributed by atoms with Crippen molar-refractivity contribution in [2.75, 3.05) is 6.54 Å². The fourth-order valence-corrected chi connectivity index (χ4v) is 1.75. The minimum Gasteiger partial charge on any atom is -0.392 e. The van der Waals surface area contributed by atoms with Crippen molar-refractivity contribution in [3.05, 3.63) is 0 Å². The van der Waals surface area contributed by atoms with Gasteiger partial charge in [0.25, 0.3) is 10.2 Å². The van der Waals surface area contributed by atoms with Gasteiger partial charge in [-0.05, 0) is 20.8 Å². The van der Waals surface area contributed by atoms with Crippen LogP contribution in [0.3, 0.4) is 0 Å². The van der Waals surface area contributed by atoms with Gasteiger partial charge in [-0.3, -0.25) is 0 Å². The smallest absolute Gasteiger partial charge is 0.277 e. The van der Waals surface area contributed by atoms with Crippen LogP contribution in [0.15, 0.2) is 0 Å². The van der Waals surface area contributed by atoms with Gasteiger partial charge in [0.1, 0.15) is 0 Å². The van der Waals surface area contributed by atoms with Gasteiger partial charge in [-0.1, -0.05) is 0 Å². The van der Waals surface area contributed by atoms with Gasteiger partial charge >= 0.3 is 0 Å². The quantitative estimate of drug-likeness (QED) is 0.538. The van der Waals surface area contributed by atoms with Gasteiger partial charge in [-0.2, -0.15) is 17.9 Å². The molecule has 0 amide bonds. The summed E-state index contributed by atoms with van der Waals surface area (Å²) < 4.78 is 26.5. The Morgan fingerprint density at radius 1 is 1.33 bits per heavy atom. The highest BCUT2D eigenvalue weighted by Gasteiger charge is 2.10. The van der Waals surface area contributed by atoms with Crippen molar-refractivity contribution in [3.8, 4) is 0 Å². The Balaban J connectivity index is 3.89. The van der Waals surface area contributed by atoms with Crippen molar-refractivity contribution in [2.45, 2.75) is 32.9 Å². The predicted molar refractivity (Wildman–Crippen MR) is 46.9 cm³/mol. The molecule has 0 bridgehead atoms. The lowest BCUT2D eigenvalue weighted by molar-refractivity contribution is 0.198. The second kappa shape index (κ2) is 4.76. The number of nitrogens with one attached hydrogen (secondary N) is 2. The molecule has 0 aromatic rings. The molecule has 3 N–H and O–H groups in total. The van der Waals surface area contributed by atoms with Crippen molar-refractivity contribution in [1.29, 1.82) is 0 Å². The standard InChI is InChI=1S/C6H16N2O3S/c1-5(2)8-12(10,11)7-4-6(3)9/h5-9H,4H2,1-3H3. The van der Waals surface area contributed by atoms with Crippen LogP contribution in [-0.4, -0.2) is 32.2 Å². The third-order valence-corrected chi connectivity index (χ3v) is 2.29. The molecule has 0 aliphatic heterocycles. The van der Waals surface area contributed by atoms with Crippen LogP contribution in [0.5, 0.6) is 0 Å². The third kappa shape index (κ3) is 6.53. The minimum atomic E-state index is -3.44. The minimum absolute atomic E-state index is 0.0298. The van der Waals surface area contributed by atoms with Crippen molar-refractivity contribution in [1.82, 2.24) is 9.44 Å². The lowest BCUT2D eigenvalue weighted by Crippen LogP contribution is -2.42. The van der Waals surface area contributed by atoms with E-state index in [-0.39, 0.29) is 12.6 Å². The van der Waals surface area contributed by atoms with Crippen molar-refractivity contribution < 1.29 is 13.5 Å². The van der Waals surface area contributed by atoms with Gasteiger partial charge in [-0.25, -0.2) is 0 Å². The average molecular weight is 196 g/mol. The van der Waals surface area contributed by atoms with Gasteiger partial charge in [0.05, 0.1) is 6.10 Å². The molecule has 5 nitrogen and oxygen atoms in total. The largest absolute Gasteiger partial charge is 0.392 e. The van der Waals surface area contributed by atoms with E-state index in [9.17, 15) is 8.42 Å². The van der Waals surface area contributed by atoms with E-state index in [4.69, 9.17) is 5.11 Å². The molecule has 0 rings (SSSR count). The highest BCUT2D eigenvalue weighted by Crippen LogP contribution is 1.84. The SMILES string of the molecule is CC(O)CNS(=O)(=O)NC(C)C. The monoisotopic (exact) mass is 196 g/mol. The van der Waals surface area contributed by atoms with Crippen LogP contribution in [0.1, 0.15) is 20.8 Å². The normalized spacial score (nSPS) is 15.1. The first kappa shape index (κ1) is 11.8. The molecular formula is C6H16N2O3S. The summed E-state index contributed by atoms with van der Waals surface area (Å²) in [5.74, 6) is 0. The number of rotatable bonds is 5. The second-order valence-electron chi connectivity index (χ2n) is 2.97. The van der Waals surface area contributed by atoms with Crippen LogP contribution in [-0.2, 0) is 10.2 Å². The Morgan fingerprint density at radius 3 is 2.17 bits per heavy atom. The zero-order valence-corrected chi connectivity index (χ0v) is 8.35. The fourth-order valence-electron chi connectivity index (χ4n) is 0.582. The van der Waals surface area contributed by atoms with E-state index in [0.717, 1.165) is 0 Å². The van der Waals surface area contributed by atoms with Crippen molar-refractivity contribution >= 4 is 10.2 Å². The van der Waals surface area contributed by atoms with Crippen LogP contribution < -0.4 is 9.44 Å². The molecule has 0 aromatic carbocycles. The number of hydrogen-bond acceptors (Lipinski definition) is 3. The van der Waals surface area contributed by atoms with Gasteiger partial charge in [0.2, 0.25) is 0 Å². The van der Waals surface area contributed by atoms with Crippen LogP contribution in [0, 0.1) is 0 Å². The van der Waals surface area contributed by atoms with E-state index in [1.165, 1.54) is 6.92 Å².